The molecule has 1 amide bonds. The van der Waals surface area contributed by atoms with Crippen LogP contribution < -0.4 is 14.4 Å². The summed E-state index contributed by atoms with van der Waals surface area (Å²) < 4.78 is 82.1. The molecular formula is C34H31F3N2O6S. The molecule has 8 nitrogen and oxygen atoms in total. The normalized spacial score (nSPS) is 14.5. The summed E-state index contributed by atoms with van der Waals surface area (Å²) in [7, 11) is -3.31. The summed E-state index contributed by atoms with van der Waals surface area (Å²) in [6.07, 6.45) is -4.69. The largest absolute Gasteiger partial charge is 0.492 e. The molecule has 0 unspecified atom stereocenters. The van der Waals surface area contributed by atoms with Crippen LogP contribution in [-0.4, -0.2) is 46.6 Å². The van der Waals surface area contributed by atoms with Gasteiger partial charge >= 0.3 is 12.1 Å². The standard InChI is InChI=1S/C34H31F3N2O6S/c1-22-7-11-24(12-8-22)28-16-15-27(21-29(28)34(35,36)37)46(42,43)39-30-6-4-3-5-25(30)20-31(39)33(41)38-17-18-45-26-13-9-23(10-14-26)19-32(40)44-2/h3-16,21,31H,17-20H2,1-2H3,(H,38,41)/t31-/m0/s1. The number of nitrogens with one attached hydrogen (secondary N) is 1. The molecule has 1 aliphatic heterocycles. The first kappa shape index (κ1) is 32.6. The van der Waals surface area contributed by atoms with Crippen molar-refractivity contribution in [2.45, 2.75) is 36.9 Å². The Balaban J connectivity index is 1.35. The highest BCUT2D eigenvalue weighted by Gasteiger charge is 2.43. The maximum Gasteiger partial charge on any atom is 0.417 e. The van der Waals surface area contributed by atoms with Gasteiger partial charge < -0.3 is 14.8 Å². The Morgan fingerprint density at radius 3 is 2.33 bits per heavy atom. The van der Waals surface area contributed by atoms with Gasteiger partial charge in [0, 0.05) is 6.42 Å². The first-order chi connectivity index (χ1) is 21.9. The van der Waals surface area contributed by atoms with E-state index in [0.717, 1.165) is 27.6 Å². The Hall–Kier alpha value is -4.84. The lowest BCUT2D eigenvalue weighted by Crippen LogP contribution is -2.48. The lowest BCUT2D eigenvalue weighted by atomic mass is 9.98. The van der Waals surface area contributed by atoms with Gasteiger partial charge in [0.2, 0.25) is 5.91 Å². The number of hydrogen-bond donors (Lipinski definition) is 1. The van der Waals surface area contributed by atoms with Crippen LogP contribution in [0.4, 0.5) is 18.9 Å². The van der Waals surface area contributed by atoms with Crippen molar-refractivity contribution in [2.75, 3.05) is 24.6 Å². The summed E-state index contributed by atoms with van der Waals surface area (Å²) in [5.41, 5.74) is 1.45. The van der Waals surface area contributed by atoms with Crippen molar-refractivity contribution in [3.05, 3.63) is 113 Å². The van der Waals surface area contributed by atoms with Gasteiger partial charge in [-0.2, -0.15) is 13.2 Å². The van der Waals surface area contributed by atoms with E-state index in [-0.39, 0.29) is 43.2 Å². The molecule has 240 valence electrons. The minimum atomic E-state index is -4.84. The molecule has 0 aliphatic carbocycles. The van der Waals surface area contributed by atoms with E-state index in [1.54, 1.807) is 66.7 Å². The molecule has 5 rings (SSSR count). The number of carbonyl (C=O) groups excluding carboxylic acids is 2. The number of fused-ring (bicyclic) bond motifs is 1. The number of para-hydroxylation sites is 1. The highest BCUT2D eigenvalue weighted by atomic mass is 32.2. The fraction of sp³-hybridized carbons (Fsp3) is 0.235. The second-order valence-electron chi connectivity index (χ2n) is 10.8. The zero-order valence-electron chi connectivity index (χ0n) is 25.0. The maximum atomic E-state index is 14.3. The monoisotopic (exact) mass is 652 g/mol. The highest BCUT2D eigenvalue weighted by molar-refractivity contribution is 7.93. The Labute approximate surface area is 264 Å². The number of benzene rings is 4. The topological polar surface area (TPSA) is 102 Å². The van der Waals surface area contributed by atoms with Crippen LogP contribution in [0.5, 0.6) is 5.75 Å². The number of nitrogens with zero attached hydrogens (tertiary/aromatic N) is 1. The summed E-state index contributed by atoms with van der Waals surface area (Å²) in [6.45, 7) is 1.91. The summed E-state index contributed by atoms with van der Waals surface area (Å²) in [6, 6.07) is 21.4. The number of aryl methyl sites for hydroxylation is 1. The van der Waals surface area contributed by atoms with E-state index in [2.05, 4.69) is 10.1 Å². The molecule has 1 heterocycles. The summed E-state index contributed by atoms with van der Waals surface area (Å²) in [5, 5.41) is 2.69. The molecule has 0 fully saturated rings. The summed E-state index contributed by atoms with van der Waals surface area (Å²) >= 11 is 0. The minimum Gasteiger partial charge on any atom is -0.492 e. The Kier molecular flexibility index (Phi) is 9.38. The van der Waals surface area contributed by atoms with E-state index in [0.29, 0.717) is 22.9 Å². The average molecular weight is 653 g/mol. The van der Waals surface area contributed by atoms with Gasteiger partial charge in [0.1, 0.15) is 18.4 Å². The van der Waals surface area contributed by atoms with Crippen molar-refractivity contribution in [3.63, 3.8) is 0 Å². The van der Waals surface area contributed by atoms with Crippen molar-refractivity contribution in [1.82, 2.24) is 5.32 Å². The number of sulfonamides is 1. The molecule has 0 saturated carbocycles. The Morgan fingerprint density at radius 1 is 0.957 bits per heavy atom. The zero-order valence-corrected chi connectivity index (χ0v) is 25.8. The van der Waals surface area contributed by atoms with Gasteiger partial charge in [-0.3, -0.25) is 13.9 Å². The maximum absolute atomic E-state index is 14.3. The van der Waals surface area contributed by atoms with E-state index in [1.165, 1.54) is 13.2 Å². The Morgan fingerprint density at radius 2 is 1.65 bits per heavy atom. The lowest BCUT2D eigenvalue weighted by molar-refractivity contribution is -0.140. The van der Waals surface area contributed by atoms with Crippen LogP contribution in [0.3, 0.4) is 0 Å². The number of ether oxygens (including phenoxy) is 2. The van der Waals surface area contributed by atoms with E-state index in [4.69, 9.17) is 4.74 Å². The van der Waals surface area contributed by atoms with Gasteiger partial charge in [0.15, 0.2) is 0 Å². The number of methoxy groups -OCH3 is 1. The fourth-order valence-corrected chi connectivity index (χ4v) is 6.95. The number of rotatable bonds is 10. The molecule has 0 saturated heterocycles. The van der Waals surface area contributed by atoms with Crippen LogP contribution in [-0.2, 0) is 43.4 Å². The first-order valence-electron chi connectivity index (χ1n) is 14.4. The van der Waals surface area contributed by atoms with E-state index in [9.17, 15) is 31.2 Å². The van der Waals surface area contributed by atoms with Crippen molar-refractivity contribution in [2.24, 2.45) is 0 Å². The third-order valence-electron chi connectivity index (χ3n) is 7.61. The molecule has 0 radical (unpaired) electrons. The number of esters is 1. The number of halogens is 3. The van der Waals surface area contributed by atoms with Gasteiger partial charge in [-0.05, 0) is 59.5 Å². The second-order valence-corrected chi connectivity index (χ2v) is 12.6. The predicted molar refractivity (Wildman–Crippen MR) is 166 cm³/mol. The van der Waals surface area contributed by atoms with Crippen LogP contribution in [0, 0.1) is 6.92 Å². The molecule has 46 heavy (non-hydrogen) atoms. The molecule has 1 aliphatic rings. The van der Waals surface area contributed by atoms with E-state index in [1.807, 2.05) is 6.92 Å². The molecule has 1 N–H and O–H groups in total. The van der Waals surface area contributed by atoms with Crippen LogP contribution >= 0.6 is 0 Å². The summed E-state index contributed by atoms with van der Waals surface area (Å²) in [4.78, 5) is 24.2. The molecule has 0 bridgehead atoms. The Bertz CT molecular complexity index is 1840. The van der Waals surface area contributed by atoms with Gasteiger partial charge in [0.25, 0.3) is 10.0 Å². The summed E-state index contributed by atoms with van der Waals surface area (Å²) in [5.74, 6) is -0.499. The molecule has 4 aromatic carbocycles. The van der Waals surface area contributed by atoms with Gasteiger partial charge in [0.05, 0.1) is 36.2 Å². The fourth-order valence-electron chi connectivity index (χ4n) is 5.27. The lowest BCUT2D eigenvalue weighted by Gasteiger charge is -2.27. The van der Waals surface area contributed by atoms with E-state index >= 15 is 0 Å². The average Bonchev–Trinajstić information content (AvgIpc) is 3.44. The minimum absolute atomic E-state index is 0.0347. The van der Waals surface area contributed by atoms with Crippen LogP contribution in [0.25, 0.3) is 11.1 Å². The highest BCUT2D eigenvalue weighted by Crippen LogP contribution is 2.41. The predicted octanol–water partition coefficient (Wildman–Crippen LogP) is 5.71. The smallest absolute Gasteiger partial charge is 0.417 e. The second kappa shape index (κ2) is 13.3. The number of hydrogen-bond acceptors (Lipinski definition) is 6. The third-order valence-corrected chi connectivity index (χ3v) is 9.43. The van der Waals surface area contributed by atoms with Gasteiger partial charge in [-0.1, -0.05) is 66.2 Å². The van der Waals surface area contributed by atoms with Gasteiger partial charge in [-0.15, -0.1) is 0 Å². The van der Waals surface area contributed by atoms with E-state index < -0.39 is 38.6 Å². The molecule has 12 heteroatoms. The van der Waals surface area contributed by atoms with Crippen molar-refractivity contribution < 1.29 is 40.7 Å². The third kappa shape index (κ3) is 7.02. The van der Waals surface area contributed by atoms with Gasteiger partial charge in [-0.25, -0.2) is 8.42 Å². The van der Waals surface area contributed by atoms with Crippen LogP contribution in [0.15, 0.2) is 95.9 Å². The molecule has 1 atom stereocenters. The molecular weight excluding hydrogens is 621 g/mol. The SMILES string of the molecule is COC(=O)Cc1ccc(OCCNC(=O)[C@@H]2Cc3ccccc3N2S(=O)(=O)c2ccc(-c3ccc(C)cc3)c(C(F)(F)F)c2)cc1. The number of alkyl halides is 3. The molecule has 0 aromatic heterocycles. The van der Waals surface area contributed by atoms with Crippen LogP contribution in [0.1, 0.15) is 22.3 Å². The van der Waals surface area contributed by atoms with Crippen molar-refractivity contribution >= 4 is 27.6 Å². The van der Waals surface area contributed by atoms with Crippen molar-refractivity contribution in [3.8, 4) is 16.9 Å². The first-order valence-corrected chi connectivity index (χ1v) is 15.8. The molecule has 4 aromatic rings. The molecule has 0 spiro atoms. The number of carbonyl (C=O) groups is 2. The van der Waals surface area contributed by atoms with Crippen molar-refractivity contribution in [1.29, 1.82) is 0 Å². The number of amides is 1. The zero-order chi connectivity index (χ0) is 33.1. The van der Waals surface area contributed by atoms with Crippen LogP contribution in [0.2, 0.25) is 0 Å². The quantitative estimate of drug-likeness (QED) is 0.174. The number of anilines is 1.